The highest BCUT2D eigenvalue weighted by atomic mass is 35.5. The zero-order valence-electron chi connectivity index (χ0n) is 25.6. The van der Waals surface area contributed by atoms with E-state index in [4.69, 9.17) is 21.4 Å². The summed E-state index contributed by atoms with van der Waals surface area (Å²) >= 11 is 5.86. The molecule has 4 aromatic rings. The molecular weight excluding hydrogens is 621 g/mol. The molecule has 0 radical (unpaired) electrons. The van der Waals surface area contributed by atoms with Crippen LogP contribution in [0, 0.1) is 18.8 Å². The summed E-state index contributed by atoms with van der Waals surface area (Å²) in [6.45, 7) is 8.57. The number of hydrogen-bond donors (Lipinski definition) is 2. The molecule has 2 amide bonds. The van der Waals surface area contributed by atoms with Crippen molar-refractivity contribution in [3.05, 3.63) is 87.7 Å². The van der Waals surface area contributed by atoms with Gasteiger partial charge in [-0.2, -0.15) is 13.2 Å². The van der Waals surface area contributed by atoms with Gasteiger partial charge in [0.05, 0.1) is 11.8 Å². The van der Waals surface area contributed by atoms with Gasteiger partial charge in [-0.1, -0.05) is 23.6 Å². The second-order valence-electron chi connectivity index (χ2n) is 11.9. The number of alkyl halides is 3. The third-order valence-corrected chi connectivity index (χ3v) is 7.49. The molecule has 0 spiro atoms. The van der Waals surface area contributed by atoms with E-state index >= 15 is 0 Å². The van der Waals surface area contributed by atoms with Gasteiger partial charge in [-0.25, -0.2) is 14.3 Å². The Hall–Kier alpha value is -4.76. The highest BCUT2D eigenvalue weighted by molar-refractivity contribution is 6.31. The van der Waals surface area contributed by atoms with Crippen molar-refractivity contribution in [1.82, 2.24) is 19.9 Å². The molecule has 5 rings (SSSR count). The Bertz CT molecular complexity index is 1850. The molecule has 0 unspecified atom stereocenters. The monoisotopic (exact) mass is 652 g/mol. The molecule has 0 aliphatic carbocycles. The predicted octanol–water partition coefficient (Wildman–Crippen LogP) is 6.86. The Labute approximate surface area is 269 Å². The van der Waals surface area contributed by atoms with E-state index in [1.807, 2.05) is 32.9 Å². The Balaban J connectivity index is 1.30. The number of piperidine rings is 1. The van der Waals surface area contributed by atoms with E-state index in [1.54, 1.807) is 35.8 Å². The topological polar surface area (TPSA) is 101 Å². The minimum absolute atomic E-state index is 0.00782. The van der Waals surface area contributed by atoms with E-state index in [9.17, 15) is 22.8 Å². The molecule has 240 valence electrons. The van der Waals surface area contributed by atoms with E-state index < -0.39 is 29.3 Å². The summed E-state index contributed by atoms with van der Waals surface area (Å²) in [5.41, 5.74) is 0.911. The Kier molecular flexibility index (Phi) is 9.17. The average molecular weight is 653 g/mol. The van der Waals surface area contributed by atoms with Gasteiger partial charge >= 0.3 is 12.3 Å². The van der Waals surface area contributed by atoms with Gasteiger partial charge in [0, 0.05) is 41.0 Å². The summed E-state index contributed by atoms with van der Waals surface area (Å²) in [7, 11) is 0. The van der Waals surface area contributed by atoms with Crippen LogP contribution < -0.4 is 15.5 Å². The van der Waals surface area contributed by atoms with Gasteiger partial charge in [-0.3, -0.25) is 4.79 Å². The van der Waals surface area contributed by atoms with E-state index in [-0.39, 0.29) is 22.3 Å². The summed E-state index contributed by atoms with van der Waals surface area (Å²) in [5, 5.41) is 10.1. The molecule has 3 heterocycles. The number of carbonyl (C=O) groups is 2. The molecule has 0 saturated carbocycles. The molecule has 1 saturated heterocycles. The maximum absolute atomic E-state index is 13.2. The maximum atomic E-state index is 13.2. The molecule has 13 heteroatoms. The molecule has 0 atom stereocenters. The largest absolute Gasteiger partial charge is 0.444 e. The number of nitrogens with one attached hydrogen (secondary N) is 2. The van der Waals surface area contributed by atoms with Gasteiger partial charge in [0.1, 0.15) is 17.1 Å². The lowest BCUT2D eigenvalue weighted by atomic mass is 10.0. The van der Waals surface area contributed by atoms with Crippen molar-refractivity contribution in [2.45, 2.75) is 58.4 Å². The fourth-order valence-corrected chi connectivity index (χ4v) is 5.25. The number of alkyl carbamates (subject to hydrolysis) is 1. The van der Waals surface area contributed by atoms with Gasteiger partial charge < -0.3 is 20.3 Å². The summed E-state index contributed by atoms with van der Waals surface area (Å²) in [5.74, 6) is 6.31. The molecule has 2 aromatic heterocycles. The van der Waals surface area contributed by atoms with Crippen LogP contribution in [-0.2, 0) is 10.9 Å². The van der Waals surface area contributed by atoms with Crippen LogP contribution in [0.2, 0.25) is 5.02 Å². The van der Waals surface area contributed by atoms with E-state index in [1.165, 1.54) is 6.07 Å². The van der Waals surface area contributed by atoms with Gasteiger partial charge in [0.25, 0.3) is 5.91 Å². The molecule has 0 bridgehead atoms. The highest BCUT2D eigenvalue weighted by Gasteiger charge is 2.31. The van der Waals surface area contributed by atoms with E-state index in [2.05, 4.69) is 32.4 Å². The number of carbonyl (C=O) groups excluding carboxylic acids is 2. The summed E-state index contributed by atoms with van der Waals surface area (Å²) < 4.78 is 46.7. The van der Waals surface area contributed by atoms with Crippen LogP contribution in [0.5, 0.6) is 0 Å². The van der Waals surface area contributed by atoms with Crippen LogP contribution in [0.4, 0.5) is 29.5 Å². The van der Waals surface area contributed by atoms with Crippen molar-refractivity contribution in [2.75, 3.05) is 23.3 Å². The Morgan fingerprint density at radius 3 is 2.48 bits per heavy atom. The second-order valence-corrected chi connectivity index (χ2v) is 12.4. The first-order valence-electron chi connectivity index (χ1n) is 14.6. The van der Waals surface area contributed by atoms with Crippen LogP contribution in [0.25, 0.3) is 5.65 Å². The van der Waals surface area contributed by atoms with Gasteiger partial charge in [0.15, 0.2) is 5.65 Å². The average Bonchev–Trinajstić information content (AvgIpc) is 3.37. The predicted molar refractivity (Wildman–Crippen MR) is 169 cm³/mol. The first-order chi connectivity index (χ1) is 21.7. The normalized spacial score (nSPS) is 14.0. The van der Waals surface area contributed by atoms with Crippen molar-refractivity contribution in [1.29, 1.82) is 0 Å². The molecule has 2 N–H and O–H groups in total. The van der Waals surface area contributed by atoms with Gasteiger partial charge in [-0.15, -0.1) is 5.10 Å². The number of fused-ring (bicyclic) bond motifs is 1. The molecule has 1 fully saturated rings. The van der Waals surface area contributed by atoms with Crippen LogP contribution in [0.1, 0.15) is 66.4 Å². The van der Waals surface area contributed by atoms with Crippen molar-refractivity contribution >= 4 is 40.8 Å². The zero-order chi connectivity index (χ0) is 33.2. The van der Waals surface area contributed by atoms with Crippen molar-refractivity contribution in [2.24, 2.45) is 0 Å². The quantitative estimate of drug-likeness (QED) is 0.234. The Morgan fingerprint density at radius 2 is 1.78 bits per heavy atom. The van der Waals surface area contributed by atoms with Crippen LogP contribution in [-0.4, -0.2) is 51.3 Å². The first-order valence-corrected chi connectivity index (χ1v) is 14.9. The molecular formula is C33H32ClF3N6O3. The third-order valence-electron chi connectivity index (χ3n) is 7.27. The van der Waals surface area contributed by atoms with Crippen LogP contribution in [0.3, 0.4) is 0 Å². The van der Waals surface area contributed by atoms with E-state index in [0.29, 0.717) is 35.6 Å². The lowest BCUT2D eigenvalue weighted by molar-refractivity contribution is -0.137. The third kappa shape index (κ3) is 7.90. The fourth-order valence-electron chi connectivity index (χ4n) is 5.02. The van der Waals surface area contributed by atoms with Crippen molar-refractivity contribution < 1.29 is 27.5 Å². The van der Waals surface area contributed by atoms with Crippen LogP contribution >= 0.6 is 11.6 Å². The number of ether oxygens (including phenoxy) is 1. The van der Waals surface area contributed by atoms with Crippen molar-refractivity contribution in [3.8, 4) is 11.8 Å². The first kappa shape index (κ1) is 32.6. The number of halogens is 4. The van der Waals surface area contributed by atoms with Gasteiger partial charge in [0.2, 0.25) is 0 Å². The van der Waals surface area contributed by atoms with E-state index in [0.717, 1.165) is 30.8 Å². The number of amides is 2. The number of imidazole rings is 1. The molecule has 1 aliphatic rings. The number of benzene rings is 2. The smallest absolute Gasteiger partial charge is 0.416 e. The minimum Gasteiger partial charge on any atom is -0.444 e. The fraction of sp³-hybridized carbons (Fsp3) is 0.333. The standard InChI is InChI=1S/C33H32ClF3N6O3/c1-20-21(6-5-7-27(20)30(44)39-25-17-22(33(35,36)37)16-23(34)18-25)8-9-26-19-38-28-10-11-29(41-43(26)28)42-14-12-24(13-15-42)40-31(45)46-32(2,3)4/h5-7,10-11,16-19,24H,12-15H2,1-4H3,(H,39,44)(H,40,45). The Morgan fingerprint density at radius 1 is 1.04 bits per heavy atom. The summed E-state index contributed by atoms with van der Waals surface area (Å²) in [6, 6.07) is 11.6. The molecule has 9 nitrogen and oxygen atoms in total. The summed E-state index contributed by atoms with van der Waals surface area (Å²) in [4.78, 5) is 31.7. The number of rotatable bonds is 4. The lowest BCUT2D eigenvalue weighted by Gasteiger charge is -2.33. The maximum Gasteiger partial charge on any atom is 0.416 e. The van der Waals surface area contributed by atoms with Gasteiger partial charge in [-0.05, 0) is 94.5 Å². The molecule has 1 aliphatic heterocycles. The van der Waals surface area contributed by atoms with Crippen LogP contribution in [0.15, 0.2) is 54.7 Å². The molecule has 2 aromatic carbocycles. The number of nitrogens with zero attached hydrogens (tertiary/aromatic N) is 4. The minimum atomic E-state index is -4.61. The molecule has 46 heavy (non-hydrogen) atoms. The number of aromatic nitrogens is 3. The summed E-state index contributed by atoms with van der Waals surface area (Å²) in [6.07, 6.45) is -1.95. The highest BCUT2D eigenvalue weighted by Crippen LogP contribution is 2.33. The number of anilines is 2. The number of hydrogen-bond acceptors (Lipinski definition) is 6. The SMILES string of the molecule is Cc1c(C#Cc2cnc3ccc(N4CCC(NC(=O)OC(C)(C)C)CC4)nn23)cccc1C(=O)Nc1cc(Cl)cc(C(F)(F)F)c1. The zero-order valence-corrected chi connectivity index (χ0v) is 26.4. The van der Waals surface area contributed by atoms with Crippen molar-refractivity contribution in [3.63, 3.8) is 0 Å². The lowest BCUT2D eigenvalue weighted by Crippen LogP contribution is -2.46. The second kappa shape index (κ2) is 12.9.